The van der Waals surface area contributed by atoms with E-state index >= 15 is 8.78 Å². The van der Waals surface area contributed by atoms with Crippen LogP contribution in [0.4, 0.5) is 14.6 Å². The van der Waals surface area contributed by atoms with Crippen molar-refractivity contribution >= 4 is 19.5 Å². The summed E-state index contributed by atoms with van der Waals surface area (Å²) in [5.41, 5.74) is 1.39. The summed E-state index contributed by atoms with van der Waals surface area (Å²) >= 11 is 0. The fourth-order valence-corrected chi connectivity index (χ4v) is 5.33. The smallest absolute Gasteiger partial charge is 0.459 e. The zero-order valence-corrected chi connectivity index (χ0v) is 20.7. The Balaban J connectivity index is 1.92. The number of nitrogens with two attached hydrogens (primary N) is 1. The Labute approximate surface area is 204 Å². The van der Waals surface area contributed by atoms with Gasteiger partial charge in [0.05, 0.1) is 13.2 Å². The second kappa shape index (κ2) is 10.2. The van der Waals surface area contributed by atoms with Gasteiger partial charge in [-0.2, -0.15) is 18.9 Å². The zero-order chi connectivity index (χ0) is 26.9. The SMILES string of the molecule is COC(=O)C(C)NP(=O)(Oc1ccccc1)OC(C)[C@H]1O[C@@H](n2ccc(N)nc2=O)C(F)(F)[C@]1(C)O. The number of hydrogen-bond donors (Lipinski definition) is 3. The molecule has 15 heteroatoms. The van der Waals surface area contributed by atoms with Gasteiger partial charge in [0.25, 0.3) is 0 Å². The standard InChI is InChI=1S/C21H27F2N4O8P/c1-12(17(28)32-4)26-36(31,35-14-8-6-5-7-9-14)34-13(2)16-20(3,30)21(22,23)18(33-16)27-11-10-15(24)25-19(27)29/h5-13,16,18,30H,1-4H3,(H,26,31)(H2,24,25,29)/t12?,13?,16-,18-,20-,36?/m1/s1. The van der Waals surface area contributed by atoms with Crippen molar-refractivity contribution < 1.29 is 41.8 Å². The summed E-state index contributed by atoms with van der Waals surface area (Å²) in [6.45, 7) is 3.33. The van der Waals surface area contributed by atoms with Gasteiger partial charge in [0, 0.05) is 6.20 Å². The molecule has 0 amide bonds. The van der Waals surface area contributed by atoms with Gasteiger partial charge in [-0.3, -0.25) is 13.9 Å². The fourth-order valence-electron chi connectivity index (χ4n) is 3.65. The molecular weight excluding hydrogens is 505 g/mol. The molecule has 36 heavy (non-hydrogen) atoms. The van der Waals surface area contributed by atoms with E-state index in [-0.39, 0.29) is 11.6 Å². The van der Waals surface area contributed by atoms with Gasteiger partial charge < -0.3 is 24.8 Å². The molecule has 3 rings (SSSR count). The second-order valence-corrected chi connectivity index (χ2v) is 9.95. The van der Waals surface area contributed by atoms with Crippen LogP contribution in [0.1, 0.15) is 27.0 Å². The van der Waals surface area contributed by atoms with Crippen molar-refractivity contribution in [3.05, 3.63) is 53.1 Å². The number of nitrogen functional groups attached to an aromatic ring is 1. The number of carbonyl (C=O) groups is 1. The van der Waals surface area contributed by atoms with Gasteiger partial charge in [0.15, 0.2) is 5.60 Å². The van der Waals surface area contributed by atoms with Gasteiger partial charge in [-0.05, 0) is 39.0 Å². The number of anilines is 1. The van der Waals surface area contributed by atoms with Crippen molar-refractivity contribution in [3.63, 3.8) is 0 Å². The number of rotatable bonds is 9. The predicted octanol–water partition coefficient (Wildman–Crippen LogP) is 1.85. The molecule has 3 unspecified atom stereocenters. The van der Waals surface area contributed by atoms with Gasteiger partial charge >= 0.3 is 25.3 Å². The molecule has 1 aliphatic rings. The average Bonchev–Trinajstić information content (AvgIpc) is 2.98. The summed E-state index contributed by atoms with van der Waals surface area (Å²) in [6.07, 6.45) is -4.65. The minimum atomic E-state index is -4.46. The first kappa shape index (κ1) is 27.7. The third-order valence-corrected chi connectivity index (χ3v) is 7.29. The molecule has 4 N–H and O–H groups in total. The molecule has 2 aromatic rings. The van der Waals surface area contributed by atoms with E-state index in [1.165, 1.54) is 26.0 Å². The second-order valence-electron chi connectivity index (χ2n) is 8.31. The van der Waals surface area contributed by atoms with Crippen LogP contribution in [0.3, 0.4) is 0 Å². The summed E-state index contributed by atoms with van der Waals surface area (Å²) in [4.78, 5) is 27.5. The number of ether oxygens (including phenoxy) is 2. The van der Waals surface area contributed by atoms with Crippen LogP contribution in [0, 0.1) is 0 Å². The van der Waals surface area contributed by atoms with Gasteiger partial charge in [-0.15, -0.1) is 0 Å². The number of aromatic nitrogens is 2. The number of hydrogen-bond acceptors (Lipinski definition) is 10. The quantitative estimate of drug-likeness (QED) is 0.319. The van der Waals surface area contributed by atoms with E-state index in [1.807, 2.05) is 0 Å². The van der Waals surface area contributed by atoms with Gasteiger partial charge in [0.2, 0.25) is 6.23 Å². The molecule has 1 aliphatic heterocycles. The monoisotopic (exact) mass is 532 g/mol. The molecule has 2 heterocycles. The van der Waals surface area contributed by atoms with Crippen molar-refractivity contribution in [2.75, 3.05) is 12.8 Å². The Kier molecular flexibility index (Phi) is 7.86. The number of methoxy groups -OCH3 is 1. The van der Waals surface area contributed by atoms with E-state index in [9.17, 15) is 19.3 Å². The Morgan fingerprint density at radius 2 is 1.94 bits per heavy atom. The first-order chi connectivity index (χ1) is 16.7. The molecule has 1 saturated heterocycles. The van der Waals surface area contributed by atoms with Crippen molar-refractivity contribution in [2.45, 2.75) is 56.8 Å². The summed E-state index contributed by atoms with van der Waals surface area (Å²) < 4.78 is 65.7. The average molecular weight is 532 g/mol. The number of esters is 1. The largest absolute Gasteiger partial charge is 0.468 e. The number of nitrogens with zero attached hydrogens (tertiary/aromatic N) is 2. The number of nitrogens with one attached hydrogen (secondary N) is 1. The third-order valence-electron chi connectivity index (χ3n) is 5.53. The number of alkyl halides is 2. The molecule has 1 fully saturated rings. The predicted molar refractivity (Wildman–Crippen MR) is 122 cm³/mol. The third kappa shape index (κ3) is 5.42. The summed E-state index contributed by atoms with van der Waals surface area (Å²) in [5, 5.41) is 13.2. The number of para-hydroxylation sites is 1. The fraction of sp³-hybridized carbons (Fsp3) is 0.476. The van der Waals surface area contributed by atoms with Crippen LogP contribution in [0.15, 0.2) is 47.4 Å². The Hall–Kier alpha value is -2.90. The molecular formula is C21H27F2N4O8P. The maximum atomic E-state index is 15.3. The number of benzene rings is 1. The maximum absolute atomic E-state index is 15.3. The van der Waals surface area contributed by atoms with Gasteiger partial charge in [-0.25, -0.2) is 9.36 Å². The normalized spacial score (nSPS) is 26.5. The first-order valence-electron chi connectivity index (χ1n) is 10.7. The molecule has 0 radical (unpaired) electrons. The Morgan fingerprint density at radius 1 is 1.31 bits per heavy atom. The molecule has 1 aromatic heterocycles. The molecule has 6 atom stereocenters. The molecule has 0 saturated carbocycles. The highest BCUT2D eigenvalue weighted by atomic mass is 31.2. The Morgan fingerprint density at radius 3 is 2.53 bits per heavy atom. The van der Waals surface area contributed by atoms with Crippen LogP contribution in [0.5, 0.6) is 5.75 Å². The Bertz CT molecular complexity index is 1200. The van der Waals surface area contributed by atoms with Crippen molar-refractivity contribution in [2.24, 2.45) is 0 Å². The van der Waals surface area contributed by atoms with E-state index in [4.69, 9.17) is 19.5 Å². The van der Waals surface area contributed by atoms with E-state index < -0.39 is 55.4 Å². The topological polar surface area (TPSA) is 164 Å². The highest BCUT2D eigenvalue weighted by Gasteiger charge is 2.69. The molecule has 1 aromatic carbocycles. The molecule has 0 bridgehead atoms. The van der Waals surface area contributed by atoms with Crippen LogP contribution < -0.4 is 21.0 Å². The van der Waals surface area contributed by atoms with Crippen LogP contribution in [-0.2, 0) is 23.4 Å². The zero-order valence-electron chi connectivity index (χ0n) is 19.8. The summed E-state index contributed by atoms with van der Waals surface area (Å²) in [5.74, 6) is -4.93. The van der Waals surface area contributed by atoms with E-state index in [0.717, 1.165) is 26.3 Å². The highest BCUT2D eigenvalue weighted by Crippen LogP contribution is 2.53. The minimum absolute atomic E-state index is 0.0828. The summed E-state index contributed by atoms with van der Waals surface area (Å²) in [7, 11) is -3.35. The minimum Gasteiger partial charge on any atom is -0.468 e. The van der Waals surface area contributed by atoms with Crippen LogP contribution in [0.25, 0.3) is 0 Å². The van der Waals surface area contributed by atoms with Gasteiger partial charge in [0.1, 0.15) is 23.7 Å². The number of carbonyl (C=O) groups excluding carboxylic acids is 1. The number of aliphatic hydroxyl groups is 1. The van der Waals surface area contributed by atoms with Crippen molar-refractivity contribution in [1.29, 1.82) is 0 Å². The lowest BCUT2D eigenvalue weighted by molar-refractivity contribution is -0.180. The summed E-state index contributed by atoms with van der Waals surface area (Å²) in [6, 6.07) is 7.68. The van der Waals surface area contributed by atoms with E-state index in [0.29, 0.717) is 4.57 Å². The van der Waals surface area contributed by atoms with Crippen LogP contribution >= 0.6 is 7.75 Å². The van der Waals surface area contributed by atoms with Gasteiger partial charge in [-0.1, -0.05) is 18.2 Å². The van der Waals surface area contributed by atoms with E-state index in [2.05, 4.69) is 14.8 Å². The van der Waals surface area contributed by atoms with Crippen LogP contribution in [-0.4, -0.2) is 57.5 Å². The van der Waals surface area contributed by atoms with Crippen LogP contribution in [0.2, 0.25) is 0 Å². The molecule has 0 spiro atoms. The lowest BCUT2D eigenvalue weighted by Gasteiger charge is -2.33. The lowest BCUT2D eigenvalue weighted by Crippen LogP contribution is -2.54. The molecule has 0 aliphatic carbocycles. The lowest BCUT2D eigenvalue weighted by atomic mass is 9.90. The number of halogens is 2. The highest BCUT2D eigenvalue weighted by molar-refractivity contribution is 7.52. The maximum Gasteiger partial charge on any atom is 0.459 e. The molecule has 12 nitrogen and oxygen atoms in total. The van der Waals surface area contributed by atoms with Crippen molar-refractivity contribution in [3.8, 4) is 5.75 Å². The molecule has 198 valence electrons. The first-order valence-corrected chi connectivity index (χ1v) is 12.2. The van der Waals surface area contributed by atoms with Crippen molar-refractivity contribution in [1.82, 2.24) is 14.6 Å². The van der Waals surface area contributed by atoms with E-state index in [1.54, 1.807) is 18.2 Å².